The Kier molecular flexibility index (Phi) is 3.89. The van der Waals surface area contributed by atoms with Crippen LogP contribution in [-0.2, 0) is 0 Å². The number of nitro groups is 1. The molecular weight excluding hydrogens is 292 g/mol. The molecule has 9 heteroatoms. The molecule has 0 fully saturated rings. The fourth-order valence-electron chi connectivity index (χ4n) is 1.88. The van der Waals surface area contributed by atoms with Gasteiger partial charge in [0.25, 0.3) is 17.2 Å². The third kappa shape index (κ3) is 2.92. The highest BCUT2D eigenvalue weighted by Gasteiger charge is 2.17. The predicted molar refractivity (Wildman–Crippen MR) is 78.2 cm³/mol. The van der Waals surface area contributed by atoms with Crippen LogP contribution >= 0.6 is 0 Å². The zero-order chi connectivity index (χ0) is 16.4. The number of H-pyrrole nitrogens is 2. The summed E-state index contributed by atoms with van der Waals surface area (Å²) >= 11 is 0. The summed E-state index contributed by atoms with van der Waals surface area (Å²) in [4.78, 5) is 49.5. The summed E-state index contributed by atoms with van der Waals surface area (Å²) in [7, 11) is 0. The number of anilines is 1. The van der Waals surface area contributed by atoms with Crippen molar-refractivity contribution in [1.29, 1.82) is 0 Å². The number of nitrogens with one attached hydrogen (secondary N) is 3. The molecule has 0 saturated carbocycles. The third-order valence-electron chi connectivity index (χ3n) is 3.04. The van der Waals surface area contributed by atoms with Gasteiger partial charge in [0.1, 0.15) is 5.69 Å². The van der Waals surface area contributed by atoms with Crippen LogP contribution in [0.5, 0.6) is 0 Å². The van der Waals surface area contributed by atoms with Gasteiger partial charge >= 0.3 is 5.69 Å². The number of carbonyl (C=O) groups is 1. The number of rotatable bonds is 3. The summed E-state index contributed by atoms with van der Waals surface area (Å²) in [5.41, 5.74) is -1.12. The van der Waals surface area contributed by atoms with E-state index >= 15 is 0 Å². The molecule has 9 nitrogen and oxygen atoms in total. The quantitative estimate of drug-likeness (QED) is 0.569. The van der Waals surface area contributed by atoms with Crippen molar-refractivity contribution < 1.29 is 9.72 Å². The van der Waals surface area contributed by atoms with Gasteiger partial charge < -0.3 is 10.3 Å². The molecule has 0 unspecified atom stereocenters. The fraction of sp³-hybridized carbons (Fsp3) is 0.154. The molecule has 0 radical (unpaired) electrons. The predicted octanol–water partition coefficient (Wildman–Crippen LogP) is 0.841. The molecule has 2 aromatic rings. The summed E-state index contributed by atoms with van der Waals surface area (Å²) in [6.45, 7) is 3.00. The van der Waals surface area contributed by atoms with Crippen molar-refractivity contribution in [2.75, 3.05) is 5.32 Å². The molecule has 1 heterocycles. The van der Waals surface area contributed by atoms with Crippen molar-refractivity contribution >= 4 is 17.3 Å². The Bertz CT molecular complexity index is 881. The molecule has 0 spiro atoms. The first-order chi connectivity index (χ1) is 10.3. The molecule has 1 aromatic carbocycles. The minimum absolute atomic E-state index is 0.0299. The van der Waals surface area contributed by atoms with Gasteiger partial charge in [-0.25, -0.2) is 4.79 Å². The summed E-state index contributed by atoms with van der Waals surface area (Å²) in [6.07, 6.45) is 0. The molecule has 0 aliphatic carbocycles. The highest BCUT2D eigenvalue weighted by atomic mass is 16.6. The Morgan fingerprint density at radius 2 is 1.91 bits per heavy atom. The number of aromatic nitrogens is 2. The average Bonchev–Trinajstić information content (AvgIpc) is 2.42. The van der Waals surface area contributed by atoms with E-state index in [-0.39, 0.29) is 22.6 Å². The van der Waals surface area contributed by atoms with E-state index in [4.69, 9.17) is 0 Å². The number of aryl methyl sites for hydroxylation is 2. The topological polar surface area (TPSA) is 138 Å². The lowest BCUT2D eigenvalue weighted by molar-refractivity contribution is -0.385. The maximum Gasteiger partial charge on any atom is 0.326 e. The van der Waals surface area contributed by atoms with Gasteiger partial charge in [-0.1, -0.05) is 6.07 Å². The van der Waals surface area contributed by atoms with Crippen LogP contribution in [-0.4, -0.2) is 20.8 Å². The number of hydrogen-bond acceptors (Lipinski definition) is 5. The Hall–Kier alpha value is -3.23. The van der Waals surface area contributed by atoms with Gasteiger partial charge in [0.15, 0.2) is 0 Å². The third-order valence-corrected chi connectivity index (χ3v) is 3.04. The Morgan fingerprint density at radius 3 is 2.50 bits per heavy atom. The normalized spacial score (nSPS) is 10.3. The summed E-state index contributed by atoms with van der Waals surface area (Å²) in [6, 6.07) is 3.98. The van der Waals surface area contributed by atoms with E-state index in [1.54, 1.807) is 6.92 Å². The van der Waals surface area contributed by atoms with Gasteiger partial charge in [0.2, 0.25) is 0 Å². The highest BCUT2D eigenvalue weighted by Crippen LogP contribution is 2.19. The molecule has 22 heavy (non-hydrogen) atoms. The number of benzene rings is 1. The fourth-order valence-corrected chi connectivity index (χ4v) is 1.88. The van der Waals surface area contributed by atoms with Crippen molar-refractivity contribution in [3.63, 3.8) is 0 Å². The maximum absolute atomic E-state index is 12.1. The van der Waals surface area contributed by atoms with Gasteiger partial charge in [-0.05, 0) is 19.9 Å². The zero-order valence-corrected chi connectivity index (χ0v) is 11.7. The highest BCUT2D eigenvalue weighted by molar-refractivity contribution is 6.04. The molecule has 0 saturated heterocycles. The standard InChI is InChI=1S/C13H12N4O5/c1-6-3-4-8(5-9(6)17(21)22)11(18)15-10-7(2)14-13(20)16-12(10)19/h3-5H,1-2H3,(H,15,18)(H2,14,16,19,20). The molecule has 0 aliphatic heterocycles. The first-order valence-electron chi connectivity index (χ1n) is 6.19. The number of hydrogen-bond donors (Lipinski definition) is 3. The minimum atomic E-state index is -0.754. The van der Waals surface area contributed by atoms with Crippen molar-refractivity contribution in [2.45, 2.75) is 13.8 Å². The number of nitro benzene ring substituents is 1. The van der Waals surface area contributed by atoms with E-state index in [0.717, 1.165) is 6.07 Å². The Labute approximate surface area is 123 Å². The Balaban J connectivity index is 2.39. The van der Waals surface area contributed by atoms with Gasteiger partial charge in [-0.3, -0.25) is 24.7 Å². The first-order valence-corrected chi connectivity index (χ1v) is 6.19. The van der Waals surface area contributed by atoms with Gasteiger partial charge in [-0.15, -0.1) is 0 Å². The van der Waals surface area contributed by atoms with Gasteiger partial charge in [-0.2, -0.15) is 0 Å². The van der Waals surface area contributed by atoms with Crippen LogP contribution in [0.2, 0.25) is 0 Å². The molecule has 2 rings (SSSR count). The molecule has 0 bridgehead atoms. The lowest BCUT2D eigenvalue weighted by Gasteiger charge is -2.07. The number of carbonyl (C=O) groups excluding carboxylic acids is 1. The van der Waals surface area contributed by atoms with Gasteiger partial charge in [0.05, 0.1) is 4.92 Å². The van der Waals surface area contributed by atoms with Crippen LogP contribution in [0.15, 0.2) is 27.8 Å². The van der Waals surface area contributed by atoms with Gasteiger partial charge in [0, 0.05) is 22.9 Å². The number of amides is 1. The van der Waals surface area contributed by atoms with E-state index < -0.39 is 22.1 Å². The maximum atomic E-state index is 12.1. The lowest BCUT2D eigenvalue weighted by Crippen LogP contribution is -2.28. The molecule has 0 atom stereocenters. The molecule has 114 valence electrons. The number of nitrogens with zero attached hydrogens (tertiary/aromatic N) is 1. The largest absolute Gasteiger partial charge is 0.326 e. The van der Waals surface area contributed by atoms with Crippen LogP contribution in [0.25, 0.3) is 0 Å². The smallest absolute Gasteiger partial charge is 0.316 e. The summed E-state index contributed by atoms with van der Waals surface area (Å²) < 4.78 is 0. The SMILES string of the molecule is Cc1ccc(C(=O)Nc2c(C)[nH]c(=O)[nH]c2=O)cc1[N+](=O)[O-]. The molecule has 3 N–H and O–H groups in total. The van der Waals surface area contributed by atoms with Crippen molar-refractivity contribution in [1.82, 2.24) is 9.97 Å². The summed E-state index contributed by atoms with van der Waals surface area (Å²) in [5, 5.41) is 13.2. The van der Waals surface area contributed by atoms with Crippen molar-refractivity contribution in [3.05, 3.63) is 66.0 Å². The monoisotopic (exact) mass is 304 g/mol. The van der Waals surface area contributed by atoms with Crippen LogP contribution in [0.1, 0.15) is 21.6 Å². The van der Waals surface area contributed by atoms with E-state index in [1.165, 1.54) is 19.1 Å². The van der Waals surface area contributed by atoms with E-state index in [1.807, 2.05) is 4.98 Å². The van der Waals surface area contributed by atoms with E-state index in [0.29, 0.717) is 5.56 Å². The summed E-state index contributed by atoms with van der Waals surface area (Å²) in [5.74, 6) is -0.691. The van der Waals surface area contributed by atoms with E-state index in [9.17, 15) is 24.5 Å². The minimum Gasteiger partial charge on any atom is -0.316 e. The zero-order valence-electron chi connectivity index (χ0n) is 11.7. The van der Waals surface area contributed by atoms with Crippen LogP contribution < -0.4 is 16.6 Å². The number of aromatic amines is 2. The molecule has 0 aliphatic rings. The Morgan fingerprint density at radius 1 is 1.23 bits per heavy atom. The van der Waals surface area contributed by atoms with Crippen LogP contribution in [0.4, 0.5) is 11.4 Å². The van der Waals surface area contributed by atoms with Crippen molar-refractivity contribution in [2.24, 2.45) is 0 Å². The molecular formula is C13H12N4O5. The molecule has 1 amide bonds. The van der Waals surface area contributed by atoms with Crippen LogP contribution in [0.3, 0.4) is 0 Å². The second-order valence-corrected chi connectivity index (χ2v) is 4.62. The molecule has 1 aromatic heterocycles. The average molecular weight is 304 g/mol. The van der Waals surface area contributed by atoms with Crippen molar-refractivity contribution in [3.8, 4) is 0 Å². The second kappa shape index (κ2) is 5.64. The lowest BCUT2D eigenvalue weighted by atomic mass is 10.1. The van der Waals surface area contributed by atoms with Crippen LogP contribution in [0, 0.1) is 24.0 Å². The second-order valence-electron chi connectivity index (χ2n) is 4.62. The van der Waals surface area contributed by atoms with E-state index in [2.05, 4.69) is 10.3 Å². The first kappa shape index (κ1) is 15.2.